The van der Waals surface area contributed by atoms with Gasteiger partial charge in [0.25, 0.3) is 5.56 Å². The van der Waals surface area contributed by atoms with Crippen molar-refractivity contribution in [3.8, 4) is 22.5 Å². The lowest BCUT2D eigenvalue weighted by Crippen LogP contribution is -2.30. The zero-order valence-electron chi connectivity index (χ0n) is 19.7. The molecule has 0 aliphatic carbocycles. The Morgan fingerprint density at radius 1 is 1.03 bits per heavy atom. The van der Waals surface area contributed by atoms with Crippen molar-refractivity contribution in [1.82, 2.24) is 19.0 Å². The Bertz CT molecular complexity index is 1620. The van der Waals surface area contributed by atoms with E-state index in [-0.39, 0.29) is 37.8 Å². The molecule has 36 heavy (non-hydrogen) atoms. The van der Waals surface area contributed by atoms with Crippen LogP contribution in [0, 0.1) is 0 Å². The summed E-state index contributed by atoms with van der Waals surface area (Å²) < 4.78 is 28.3. The van der Waals surface area contributed by atoms with E-state index in [0.29, 0.717) is 29.6 Å². The predicted molar refractivity (Wildman–Crippen MR) is 142 cm³/mol. The van der Waals surface area contributed by atoms with Crippen molar-refractivity contribution in [3.05, 3.63) is 68.9 Å². The zero-order valence-corrected chi connectivity index (χ0v) is 22.0. The third-order valence-electron chi connectivity index (χ3n) is 5.70. The highest BCUT2D eigenvalue weighted by Crippen LogP contribution is 2.35. The standard InChI is InChI=1S/C24H23Cl2N5O4S/c1-4-30(5-2)36(33,34)15-9-6-8-14(12-15)22-28-21(27)17-13-16(20-18(25)10-7-11-19(20)26)24(32)31(35-3)23(17)29-22/h6-13H,4-5H2,1-3H3,(H2,27,28,29). The number of halogens is 2. The first kappa shape index (κ1) is 25.9. The molecule has 12 heteroatoms. The fourth-order valence-electron chi connectivity index (χ4n) is 3.92. The van der Waals surface area contributed by atoms with E-state index in [1.54, 1.807) is 44.2 Å². The third-order valence-corrected chi connectivity index (χ3v) is 8.38. The van der Waals surface area contributed by atoms with Gasteiger partial charge in [0.15, 0.2) is 11.5 Å². The van der Waals surface area contributed by atoms with Crippen LogP contribution in [0.25, 0.3) is 33.5 Å². The van der Waals surface area contributed by atoms with Crippen LogP contribution in [0.15, 0.2) is 58.2 Å². The number of nitrogens with two attached hydrogens (primary N) is 1. The van der Waals surface area contributed by atoms with E-state index in [1.807, 2.05) is 0 Å². The normalized spacial score (nSPS) is 11.8. The molecule has 2 aromatic carbocycles. The summed E-state index contributed by atoms with van der Waals surface area (Å²) >= 11 is 12.7. The Balaban J connectivity index is 1.94. The minimum atomic E-state index is -3.71. The second-order valence-corrected chi connectivity index (χ2v) is 10.5. The first-order valence-corrected chi connectivity index (χ1v) is 13.2. The number of hydrogen-bond acceptors (Lipinski definition) is 7. The van der Waals surface area contributed by atoms with Crippen molar-refractivity contribution < 1.29 is 13.3 Å². The van der Waals surface area contributed by atoms with Crippen LogP contribution in [0.3, 0.4) is 0 Å². The van der Waals surface area contributed by atoms with Gasteiger partial charge in [-0.15, -0.1) is 4.73 Å². The van der Waals surface area contributed by atoms with E-state index in [0.717, 1.165) is 4.73 Å². The third kappa shape index (κ3) is 4.41. The van der Waals surface area contributed by atoms with Crippen molar-refractivity contribution in [2.24, 2.45) is 0 Å². The monoisotopic (exact) mass is 547 g/mol. The van der Waals surface area contributed by atoms with Crippen LogP contribution in [-0.2, 0) is 10.0 Å². The summed E-state index contributed by atoms with van der Waals surface area (Å²) in [4.78, 5) is 27.7. The molecule has 9 nitrogen and oxygen atoms in total. The van der Waals surface area contributed by atoms with Gasteiger partial charge in [-0.2, -0.15) is 4.31 Å². The summed E-state index contributed by atoms with van der Waals surface area (Å²) in [5.41, 5.74) is 6.74. The number of anilines is 1. The lowest BCUT2D eigenvalue weighted by Gasteiger charge is -2.18. The molecule has 0 amide bonds. The minimum absolute atomic E-state index is 0.0576. The van der Waals surface area contributed by atoms with E-state index in [4.69, 9.17) is 33.8 Å². The van der Waals surface area contributed by atoms with Crippen molar-refractivity contribution in [2.45, 2.75) is 18.7 Å². The maximum absolute atomic E-state index is 13.3. The number of pyridine rings is 1. The number of aromatic nitrogens is 3. The molecule has 4 aromatic rings. The summed E-state index contributed by atoms with van der Waals surface area (Å²) in [6.07, 6.45) is 0. The van der Waals surface area contributed by atoms with Crippen molar-refractivity contribution in [2.75, 3.05) is 25.9 Å². The molecule has 0 atom stereocenters. The van der Waals surface area contributed by atoms with Gasteiger partial charge in [-0.25, -0.2) is 18.4 Å². The predicted octanol–water partition coefficient (Wildman–Crippen LogP) is 4.10. The summed E-state index contributed by atoms with van der Waals surface area (Å²) in [6.45, 7) is 4.21. The van der Waals surface area contributed by atoms with Gasteiger partial charge >= 0.3 is 0 Å². The van der Waals surface area contributed by atoms with Crippen molar-refractivity contribution in [3.63, 3.8) is 0 Å². The zero-order chi connectivity index (χ0) is 26.2. The quantitative estimate of drug-likeness (QED) is 0.369. The van der Waals surface area contributed by atoms with Crippen LogP contribution < -0.4 is 16.1 Å². The highest BCUT2D eigenvalue weighted by molar-refractivity contribution is 7.89. The topological polar surface area (TPSA) is 120 Å². The fraction of sp³-hybridized carbons (Fsp3) is 0.208. The summed E-state index contributed by atoms with van der Waals surface area (Å²) in [6, 6.07) is 12.7. The summed E-state index contributed by atoms with van der Waals surface area (Å²) in [5.74, 6) is 0.188. The Hall–Kier alpha value is -3.18. The Morgan fingerprint density at radius 3 is 2.28 bits per heavy atom. The van der Waals surface area contributed by atoms with Crippen LogP contribution in [0.2, 0.25) is 10.0 Å². The molecule has 2 N–H and O–H groups in total. The summed E-state index contributed by atoms with van der Waals surface area (Å²) in [5, 5.41) is 0.894. The Morgan fingerprint density at radius 2 is 1.67 bits per heavy atom. The molecule has 4 rings (SSSR count). The number of hydrogen-bond donors (Lipinski definition) is 1. The second-order valence-electron chi connectivity index (χ2n) is 7.72. The van der Waals surface area contributed by atoms with Crippen LogP contribution >= 0.6 is 23.2 Å². The van der Waals surface area contributed by atoms with Crippen molar-refractivity contribution >= 4 is 50.1 Å². The van der Waals surface area contributed by atoms with E-state index in [1.165, 1.54) is 29.6 Å². The lowest BCUT2D eigenvalue weighted by atomic mass is 10.1. The van der Waals surface area contributed by atoms with Gasteiger partial charge in [0, 0.05) is 24.2 Å². The molecule has 2 aromatic heterocycles. The molecule has 188 valence electrons. The first-order chi connectivity index (χ1) is 17.1. The maximum Gasteiger partial charge on any atom is 0.293 e. The van der Waals surface area contributed by atoms with Crippen LogP contribution in [0.4, 0.5) is 5.82 Å². The lowest BCUT2D eigenvalue weighted by molar-refractivity contribution is 0.168. The van der Waals surface area contributed by atoms with Crippen LogP contribution in [0.1, 0.15) is 13.8 Å². The maximum atomic E-state index is 13.3. The highest BCUT2D eigenvalue weighted by Gasteiger charge is 2.23. The molecule has 0 saturated carbocycles. The average Bonchev–Trinajstić information content (AvgIpc) is 2.85. The molecule has 2 heterocycles. The number of fused-ring (bicyclic) bond motifs is 1. The number of benzene rings is 2. The van der Waals surface area contributed by atoms with Crippen molar-refractivity contribution in [1.29, 1.82) is 0 Å². The molecule has 0 fully saturated rings. The molecule has 0 bridgehead atoms. The van der Waals surface area contributed by atoms with Gasteiger partial charge in [-0.3, -0.25) is 4.79 Å². The SMILES string of the molecule is CCN(CC)S(=O)(=O)c1cccc(-c2nc(N)c3cc(-c4c(Cl)cccc4Cl)c(=O)n(OC)c3n2)c1. The number of rotatable bonds is 7. The molecular formula is C24H23Cl2N5O4S. The number of nitrogens with zero attached hydrogens (tertiary/aromatic N) is 4. The molecule has 0 aliphatic rings. The van der Waals surface area contributed by atoms with Gasteiger partial charge in [0.2, 0.25) is 10.0 Å². The second kappa shape index (κ2) is 10.1. The Kier molecular flexibility index (Phi) is 7.24. The highest BCUT2D eigenvalue weighted by atomic mass is 35.5. The largest absolute Gasteiger partial charge is 0.412 e. The smallest absolute Gasteiger partial charge is 0.293 e. The van der Waals surface area contributed by atoms with Gasteiger partial charge in [-0.05, 0) is 30.3 Å². The average molecular weight is 548 g/mol. The van der Waals surface area contributed by atoms with Gasteiger partial charge in [0.05, 0.1) is 25.9 Å². The fourth-order valence-corrected chi connectivity index (χ4v) is 6.03. The van der Waals surface area contributed by atoms with Crippen LogP contribution in [0.5, 0.6) is 0 Å². The van der Waals surface area contributed by atoms with E-state index < -0.39 is 15.6 Å². The van der Waals surface area contributed by atoms with Crippen LogP contribution in [-0.4, -0.2) is 47.6 Å². The Labute approximate surface area is 218 Å². The van der Waals surface area contributed by atoms with Gasteiger partial charge in [-0.1, -0.05) is 55.2 Å². The molecule has 0 spiro atoms. The minimum Gasteiger partial charge on any atom is -0.412 e. The molecule has 0 radical (unpaired) electrons. The molecule has 0 aliphatic heterocycles. The van der Waals surface area contributed by atoms with Gasteiger partial charge < -0.3 is 10.6 Å². The molecule has 0 saturated heterocycles. The van der Waals surface area contributed by atoms with E-state index in [9.17, 15) is 13.2 Å². The van der Waals surface area contributed by atoms with Gasteiger partial charge in [0.1, 0.15) is 12.9 Å². The number of sulfonamides is 1. The van der Waals surface area contributed by atoms with E-state index >= 15 is 0 Å². The number of nitrogen functional groups attached to an aromatic ring is 1. The first-order valence-electron chi connectivity index (χ1n) is 11.0. The molecular weight excluding hydrogens is 525 g/mol. The molecule has 0 unspecified atom stereocenters. The van der Waals surface area contributed by atoms with E-state index in [2.05, 4.69) is 9.97 Å². The summed E-state index contributed by atoms with van der Waals surface area (Å²) in [7, 11) is -2.39.